The molecular weight excluding hydrogens is 1090 g/mol. The zero-order valence-corrected chi connectivity index (χ0v) is 54.6. The Kier molecular flexibility index (Phi) is 33.2. The van der Waals surface area contributed by atoms with E-state index in [0.717, 1.165) is 50.9 Å². The summed E-state index contributed by atoms with van der Waals surface area (Å²) in [5.41, 5.74) is 11.1. The molecule has 0 spiro atoms. The van der Waals surface area contributed by atoms with Crippen molar-refractivity contribution in [2.24, 2.45) is 5.92 Å². The Labute approximate surface area is 521 Å². The van der Waals surface area contributed by atoms with Crippen LogP contribution >= 0.6 is 0 Å². The highest BCUT2D eigenvalue weighted by Crippen LogP contribution is 2.39. The van der Waals surface area contributed by atoms with Crippen LogP contribution in [0.5, 0.6) is 5.75 Å². The number of ether oxygens (including phenoxy) is 1. The third-order valence-electron chi connectivity index (χ3n) is 15.5. The highest BCUT2D eigenvalue weighted by molar-refractivity contribution is 5.74. The SMILES string of the molecule is CCC.CCC.CCCC.CCCC1CCC(c2ccc(-c3ccc(OCC)c(F)c3F)cc2)CC1.CCCCc1ccc(-c2ccc(-c3ccc(CC)cc3)c(F)c2F)cc1.CCCc1ccc(-c2ccc(-c3ccc(CC)cc3)c(F)c2F)cc1. The molecule has 8 aromatic carbocycles. The summed E-state index contributed by atoms with van der Waals surface area (Å²) in [6.45, 7) is 25.6. The Morgan fingerprint density at radius 3 is 0.954 bits per heavy atom. The molecular formula is C80H100F6O. The van der Waals surface area contributed by atoms with Crippen molar-refractivity contribution in [1.82, 2.24) is 0 Å². The van der Waals surface area contributed by atoms with Gasteiger partial charge in [-0.05, 0) is 144 Å². The second kappa shape index (κ2) is 39.8. The first-order valence-electron chi connectivity index (χ1n) is 32.7. The number of hydrogen-bond acceptors (Lipinski definition) is 1. The summed E-state index contributed by atoms with van der Waals surface area (Å²) in [6.07, 6.45) is 20.0. The third-order valence-corrected chi connectivity index (χ3v) is 15.5. The maximum Gasteiger partial charge on any atom is 0.201 e. The minimum atomic E-state index is -0.914. The average Bonchev–Trinajstić information content (AvgIpc) is 1.42. The molecule has 7 heteroatoms. The highest BCUT2D eigenvalue weighted by atomic mass is 19.2. The molecule has 1 fully saturated rings. The van der Waals surface area contributed by atoms with Gasteiger partial charge in [0, 0.05) is 27.8 Å². The molecule has 1 aliphatic carbocycles. The topological polar surface area (TPSA) is 9.23 Å². The van der Waals surface area contributed by atoms with Gasteiger partial charge < -0.3 is 4.74 Å². The van der Waals surface area contributed by atoms with Crippen molar-refractivity contribution in [3.63, 3.8) is 0 Å². The minimum absolute atomic E-state index is 0.0331. The van der Waals surface area contributed by atoms with Crippen molar-refractivity contribution < 1.29 is 31.1 Å². The first-order valence-corrected chi connectivity index (χ1v) is 32.7. The van der Waals surface area contributed by atoms with Gasteiger partial charge in [0.25, 0.3) is 0 Å². The van der Waals surface area contributed by atoms with Gasteiger partial charge in [0.2, 0.25) is 5.82 Å². The van der Waals surface area contributed by atoms with E-state index in [9.17, 15) is 26.3 Å². The molecule has 1 nitrogen and oxygen atoms in total. The highest BCUT2D eigenvalue weighted by Gasteiger charge is 2.23. The van der Waals surface area contributed by atoms with E-state index >= 15 is 0 Å². The number of hydrogen-bond donors (Lipinski definition) is 0. The summed E-state index contributed by atoms with van der Waals surface area (Å²) in [4.78, 5) is 0. The van der Waals surface area contributed by atoms with E-state index in [1.54, 1.807) is 37.3 Å². The molecule has 0 bridgehead atoms. The fourth-order valence-electron chi connectivity index (χ4n) is 10.4. The smallest absolute Gasteiger partial charge is 0.201 e. The molecule has 468 valence electrons. The van der Waals surface area contributed by atoms with Crippen LogP contribution in [0.1, 0.15) is 200 Å². The van der Waals surface area contributed by atoms with E-state index in [1.165, 1.54) is 98.1 Å². The van der Waals surface area contributed by atoms with Gasteiger partial charge >= 0.3 is 0 Å². The van der Waals surface area contributed by atoms with Gasteiger partial charge in [-0.15, -0.1) is 0 Å². The maximum absolute atomic E-state index is 14.7. The largest absolute Gasteiger partial charge is 0.491 e. The summed E-state index contributed by atoms with van der Waals surface area (Å²) < 4.78 is 92.3. The van der Waals surface area contributed by atoms with E-state index in [-0.39, 0.29) is 11.3 Å². The number of rotatable bonds is 18. The van der Waals surface area contributed by atoms with Gasteiger partial charge in [-0.25, -0.2) is 22.0 Å². The van der Waals surface area contributed by atoms with Gasteiger partial charge in [-0.1, -0.05) is 273 Å². The molecule has 8 aromatic rings. The Bertz CT molecular complexity index is 3170. The summed E-state index contributed by atoms with van der Waals surface area (Å²) in [6, 6.07) is 48.3. The molecule has 87 heavy (non-hydrogen) atoms. The average molecular weight is 1190 g/mol. The summed E-state index contributed by atoms with van der Waals surface area (Å²) >= 11 is 0. The second-order valence-electron chi connectivity index (χ2n) is 22.6. The van der Waals surface area contributed by atoms with Crippen LogP contribution in [0.4, 0.5) is 26.3 Å². The normalized spacial score (nSPS) is 13.2. The van der Waals surface area contributed by atoms with Crippen LogP contribution in [0, 0.1) is 40.8 Å². The predicted octanol–water partition coefficient (Wildman–Crippen LogP) is 25.8. The van der Waals surface area contributed by atoms with E-state index in [4.69, 9.17) is 4.74 Å². The summed E-state index contributed by atoms with van der Waals surface area (Å²) in [5.74, 6) is -3.47. The van der Waals surface area contributed by atoms with Crippen LogP contribution in [-0.4, -0.2) is 6.61 Å². The lowest BCUT2D eigenvalue weighted by atomic mass is 9.77. The van der Waals surface area contributed by atoms with Crippen LogP contribution in [-0.2, 0) is 25.7 Å². The number of benzene rings is 8. The Morgan fingerprint density at radius 1 is 0.322 bits per heavy atom. The maximum atomic E-state index is 14.7. The Morgan fingerprint density at radius 2 is 0.644 bits per heavy atom. The molecule has 1 aliphatic rings. The van der Waals surface area contributed by atoms with Gasteiger partial charge in [-0.3, -0.25) is 0 Å². The van der Waals surface area contributed by atoms with Gasteiger partial charge in [0.1, 0.15) is 0 Å². The van der Waals surface area contributed by atoms with Crippen LogP contribution < -0.4 is 4.74 Å². The van der Waals surface area contributed by atoms with Crippen molar-refractivity contribution in [1.29, 1.82) is 0 Å². The van der Waals surface area contributed by atoms with Crippen molar-refractivity contribution >= 4 is 0 Å². The molecule has 0 heterocycles. The van der Waals surface area contributed by atoms with Gasteiger partial charge in [0.05, 0.1) is 6.61 Å². The van der Waals surface area contributed by atoms with E-state index < -0.39 is 34.9 Å². The lowest BCUT2D eigenvalue weighted by Gasteiger charge is -2.28. The molecule has 0 radical (unpaired) electrons. The fourth-order valence-corrected chi connectivity index (χ4v) is 10.4. The summed E-state index contributed by atoms with van der Waals surface area (Å²) in [7, 11) is 0. The lowest BCUT2D eigenvalue weighted by Crippen LogP contribution is -2.13. The Hall–Kier alpha value is -6.86. The van der Waals surface area contributed by atoms with E-state index in [2.05, 4.69) is 88.3 Å². The molecule has 0 saturated heterocycles. The molecule has 1 saturated carbocycles. The first-order chi connectivity index (χ1) is 42.1. The monoisotopic (exact) mass is 1190 g/mol. The van der Waals surface area contributed by atoms with E-state index in [1.807, 2.05) is 109 Å². The van der Waals surface area contributed by atoms with Crippen LogP contribution in [0.25, 0.3) is 55.6 Å². The zero-order valence-electron chi connectivity index (χ0n) is 54.6. The van der Waals surface area contributed by atoms with Crippen LogP contribution in [0.2, 0.25) is 0 Å². The Balaban J connectivity index is 0.000000259. The quantitative estimate of drug-likeness (QED) is 0.0778. The fraction of sp³-hybridized carbons (Fsp3) is 0.400. The molecule has 0 aromatic heterocycles. The molecule has 0 atom stereocenters. The minimum Gasteiger partial charge on any atom is -0.491 e. The van der Waals surface area contributed by atoms with Crippen molar-refractivity contribution in [3.8, 4) is 61.4 Å². The molecule has 0 amide bonds. The van der Waals surface area contributed by atoms with Crippen LogP contribution in [0.3, 0.4) is 0 Å². The molecule has 0 unspecified atom stereocenters. The predicted molar refractivity (Wildman–Crippen MR) is 361 cm³/mol. The van der Waals surface area contributed by atoms with Crippen molar-refractivity contribution in [2.45, 2.75) is 198 Å². The first kappa shape index (κ1) is 72.6. The molecule has 9 rings (SSSR count). The number of aryl methyl sites for hydroxylation is 4. The lowest BCUT2D eigenvalue weighted by molar-refractivity contribution is 0.308. The standard InChI is InChI=1S/C24H24F2.C23H28F2O.C23H22F2.C4H10.2C3H8/c1-3-5-6-18-9-13-20(14-10-18)22-16-15-21(23(25)24(22)26)19-11-7-17(4-2)8-12-19;1-3-5-16-6-8-17(9-7-16)18-10-12-19(13-11-18)20-14-15-21(26-4-2)23(25)22(20)24;1-3-5-17-8-12-19(13-9-17)21-15-14-20(22(24)23(21)25)18-10-6-16(4-2)7-11-18;1-3-4-2;2*1-3-2/h7-16H,3-6H2,1-2H3;10-17H,3-9H2,1-2H3;6-15H,3-5H2,1-2H3;3-4H2,1-2H3;2*3H2,1-2H3. The third kappa shape index (κ3) is 22.1. The van der Waals surface area contributed by atoms with Crippen LogP contribution in [0.15, 0.2) is 158 Å². The van der Waals surface area contributed by atoms with Gasteiger partial charge in [-0.2, -0.15) is 4.39 Å². The van der Waals surface area contributed by atoms with E-state index in [0.29, 0.717) is 62.6 Å². The van der Waals surface area contributed by atoms with Gasteiger partial charge in [0.15, 0.2) is 34.8 Å². The van der Waals surface area contributed by atoms with Crippen molar-refractivity contribution in [3.05, 3.63) is 220 Å². The number of unbranched alkanes of at least 4 members (excludes halogenated alkanes) is 2. The number of halogens is 6. The molecule has 0 aliphatic heterocycles. The molecule has 0 N–H and O–H groups in total. The van der Waals surface area contributed by atoms with Crippen molar-refractivity contribution in [2.75, 3.05) is 6.61 Å². The second-order valence-corrected chi connectivity index (χ2v) is 22.6. The summed E-state index contributed by atoms with van der Waals surface area (Å²) in [5, 5.41) is 0. The zero-order chi connectivity index (χ0) is 63.7.